The van der Waals surface area contributed by atoms with Crippen LogP contribution in [0.4, 0.5) is 16.2 Å². The first-order chi connectivity index (χ1) is 21.0. The Labute approximate surface area is 256 Å². The van der Waals surface area contributed by atoms with Gasteiger partial charge in [-0.05, 0) is 59.7 Å². The molecule has 0 aliphatic rings. The second-order valence-corrected chi connectivity index (χ2v) is 10.9. The fraction of sp³-hybridized carbons (Fsp3) is 0.303. The van der Waals surface area contributed by atoms with E-state index in [4.69, 9.17) is 5.11 Å². The third kappa shape index (κ3) is 11.6. The van der Waals surface area contributed by atoms with E-state index in [1.807, 2.05) is 32.0 Å². The Balaban J connectivity index is 1.56. The first kappa shape index (κ1) is 33.3. The number of amides is 4. The predicted molar refractivity (Wildman–Crippen MR) is 166 cm³/mol. The predicted octanol–water partition coefficient (Wildman–Crippen LogP) is 4.23. The molecule has 0 saturated heterocycles. The van der Waals surface area contributed by atoms with Crippen LogP contribution in [0.2, 0.25) is 0 Å². The molecule has 2 atom stereocenters. The number of urea groups is 1. The quantitative estimate of drug-likeness (QED) is 0.151. The van der Waals surface area contributed by atoms with Crippen LogP contribution in [0.1, 0.15) is 43.4 Å². The van der Waals surface area contributed by atoms with Crippen molar-refractivity contribution in [1.82, 2.24) is 10.6 Å². The molecule has 11 heteroatoms. The maximum absolute atomic E-state index is 13.2. The van der Waals surface area contributed by atoms with E-state index in [9.17, 15) is 29.1 Å². The van der Waals surface area contributed by atoms with Gasteiger partial charge in [0, 0.05) is 24.2 Å². The van der Waals surface area contributed by atoms with Crippen molar-refractivity contribution >= 4 is 41.2 Å². The number of hydrogen-bond donors (Lipinski definition) is 6. The summed E-state index contributed by atoms with van der Waals surface area (Å²) in [6.45, 7) is 3.79. The lowest BCUT2D eigenvalue weighted by atomic mass is 10.00. The molecule has 0 aliphatic carbocycles. The van der Waals surface area contributed by atoms with Crippen molar-refractivity contribution in [2.24, 2.45) is 5.92 Å². The summed E-state index contributed by atoms with van der Waals surface area (Å²) in [4.78, 5) is 61.0. The first-order valence-corrected chi connectivity index (χ1v) is 14.3. The molecule has 6 N–H and O–H groups in total. The molecule has 3 rings (SSSR count). The van der Waals surface area contributed by atoms with Crippen molar-refractivity contribution in [2.75, 3.05) is 10.6 Å². The molecule has 0 heterocycles. The molecule has 2 unspecified atom stereocenters. The largest absolute Gasteiger partial charge is 0.481 e. The van der Waals surface area contributed by atoms with Gasteiger partial charge in [-0.1, -0.05) is 68.4 Å². The van der Waals surface area contributed by atoms with Crippen molar-refractivity contribution in [3.05, 3.63) is 95.6 Å². The third-order valence-electron chi connectivity index (χ3n) is 6.67. The normalized spacial score (nSPS) is 12.1. The third-order valence-corrected chi connectivity index (χ3v) is 6.67. The van der Waals surface area contributed by atoms with Crippen LogP contribution in [0, 0.1) is 5.92 Å². The summed E-state index contributed by atoms with van der Waals surface area (Å²) in [5, 5.41) is 29.4. The molecule has 0 radical (unpaired) electrons. The van der Waals surface area contributed by atoms with Gasteiger partial charge in [0.05, 0.1) is 6.42 Å². The van der Waals surface area contributed by atoms with Gasteiger partial charge >= 0.3 is 18.0 Å². The Hall–Kier alpha value is -5.19. The topological polar surface area (TPSA) is 174 Å². The fourth-order valence-electron chi connectivity index (χ4n) is 4.46. The van der Waals surface area contributed by atoms with E-state index in [0.717, 1.165) is 5.56 Å². The van der Waals surface area contributed by atoms with Crippen LogP contribution in [0.3, 0.4) is 0 Å². The van der Waals surface area contributed by atoms with Crippen LogP contribution in [0.5, 0.6) is 0 Å². The SMILES string of the molecule is CC(C)CC(NC(=O)Cc1ccc(NC(=O)Nc2ccccc2)cc1)C(=O)NC(Cc1ccc(CCC(=O)O)cc1)C(=O)O. The number of rotatable bonds is 15. The smallest absolute Gasteiger partial charge is 0.326 e. The molecule has 0 bridgehead atoms. The number of para-hydroxylation sites is 1. The molecular formula is C33H38N4O7. The Morgan fingerprint density at radius 1 is 0.682 bits per heavy atom. The monoisotopic (exact) mass is 602 g/mol. The van der Waals surface area contributed by atoms with Crippen LogP contribution in [0.15, 0.2) is 78.9 Å². The Kier molecular flexibility index (Phi) is 12.5. The number of carbonyl (C=O) groups excluding carboxylic acids is 3. The first-order valence-electron chi connectivity index (χ1n) is 14.3. The number of benzene rings is 3. The lowest BCUT2D eigenvalue weighted by molar-refractivity contribution is -0.142. The van der Waals surface area contributed by atoms with E-state index >= 15 is 0 Å². The van der Waals surface area contributed by atoms with E-state index in [1.54, 1.807) is 60.7 Å². The van der Waals surface area contributed by atoms with Gasteiger partial charge < -0.3 is 31.5 Å². The van der Waals surface area contributed by atoms with Crippen LogP contribution >= 0.6 is 0 Å². The number of nitrogens with one attached hydrogen (secondary N) is 4. The maximum atomic E-state index is 13.2. The molecule has 0 fully saturated rings. The van der Waals surface area contributed by atoms with E-state index in [1.165, 1.54) is 0 Å². The summed E-state index contributed by atoms with van der Waals surface area (Å²) in [5.74, 6) is -3.07. The van der Waals surface area contributed by atoms with Gasteiger partial charge in [0.1, 0.15) is 12.1 Å². The summed E-state index contributed by atoms with van der Waals surface area (Å²) < 4.78 is 0. The second-order valence-electron chi connectivity index (χ2n) is 10.9. The summed E-state index contributed by atoms with van der Waals surface area (Å²) in [5.41, 5.74) is 3.32. The van der Waals surface area contributed by atoms with Gasteiger partial charge in [-0.3, -0.25) is 14.4 Å². The van der Waals surface area contributed by atoms with Crippen molar-refractivity contribution < 1.29 is 34.2 Å². The second kappa shape index (κ2) is 16.4. The van der Waals surface area contributed by atoms with Crippen molar-refractivity contribution in [3.63, 3.8) is 0 Å². The van der Waals surface area contributed by atoms with Gasteiger partial charge in [0.2, 0.25) is 11.8 Å². The van der Waals surface area contributed by atoms with E-state index in [2.05, 4.69) is 21.3 Å². The fourth-order valence-corrected chi connectivity index (χ4v) is 4.46. The molecule has 3 aromatic carbocycles. The highest BCUT2D eigenvalue weighted by atomic mass is 16.4. The molecule has 232 valence electrons. The zero-order chi connectivity index (χ0) is 32.1. The maximum Gasteiger partial charge on any atom is 0.326 e. The number of aliphatic carboxylic acids is 2. The Morgan fingerprint density at radius 2 is 1.25 bits per heavy atom. The molecule has 0 aromatic heterocycles. The van der Waals surface area contributed by atoms with Gasteiger partial charge in [-0.15, -0.1) is 0 Å². The molecule has 44 heavy (non-hydrogen) atoms. The summed E-state index contributed by atoms with van der Waals surface area (Å²) in [6.07, 6.45) is 0.660. The average Bonchev–Trinajstić information content (AvgIpc) is 2.97. The highest BCUT2D eigenvalue weighted by molar-refractivity contribution is 5.99. The molecule has 4 amide bonds. The minimum absolute atomic E-state index is 0.00739. The number of hydrogen-bond acceptors (Lipinski definition) is 5. The zero-order valence-electron chi connectivity index (χ0n) is 24.7. The number of carbonyl (C=O) groups is 5. The number of carboxylic acids is 2. The zero-order valence-corrected chi connectivity index (χ0v) is 24.7. The van der Waals surface area contributed by atoms with Gasteiger partial charge in [0.25, 0.3) is 0 Å². The van der Waals surface area contributed by atoms with Crippen molar-refractivity contribution in [2.45, 2.75) is 58.0 Å². The Morgan fingerprint density at radius 3 is 1.82 bits per heavy atom. The van der Waals surface area contributed by atoms with Gasteiger partial charge in [-0.25, -0.2) is 9.59 Å². The van der Waals surface area contributed by atoms with E-state index < -0.39 is 41.9 Å². The number of carboxylic acid groups (broad SMARTS) is 2. The summed E-state index contributed by atoms with van der Waals surface area (Å²) >= 11 is 0. The highest BCUT2D eigenvalue weighted by Crippen LogP contribution is 2.14. The molecule has 0 spiro atoms. The van der Waals surface area contributed by atoms with Crippen LogP contribution in [-0.4, -0.2) is 52.1 Å². The minimum atomic E-state index is -1.22. The number of aryl methyl sites for hydroxylation is 1. The summed E-state index contributed by atoms with van der Waals surface area (Å²) in [6, 6.07) is 20.1. The van der Waals surface area contributed by atoms with Crippen LogP contribution < -0.4 is 21.3 Å². The molecule has 11 nitrogen and oxygen atoms in total. The van der Waals surface area contributed by atoms with Gasteiger partial charge in [0.15, 0.2) is 0 Å². The van der Waals surface area contributed by atoms with Gasteiger partial charge in [-0.2, -0.15) is 0 Å². The highest BCUT2D eigenvalue weighted by Gasteiger charge is 2.27. The molecular weight excluding hydrogens is 564 g/mol. The lowest BCUT2D eigenvalue weighted by Gasteiger charge is -2.23. The summed E-state index contributed by atoms with van der Waals surface area (Å²) in [7, 11) is 0. The van der Waals surface area contributed by atoms with E-state index in [0.29, 0.717) is 35.3 Å². The van der Waals surface area contributed by atoms with Crippen LogP contribution in [-0.2, 0) is 38.4 Å². The Bertz CT molecular complexity index is 1420. The molecule has 0 saturated carbocycles. The molecule has 0 aliphatic heterocycles. The minimum Gasteiger partial charge on any atom is -0.481 e. The molecule has 3 aromatic rings. The van der Waals surface area contributed by atoms with Crippen molar-refractivity contribution in [1.29, 1.82) is 0 Å². The van der Waals surface area contributed by atoms with E-state index in [-0.39, 0.29) is 25.2 Å². The van der Waals surface area contributed by atoms with Crippen molar-refractivity contribution in [3.8, 4) is 0 Å². The van der Waals surface area contributed by atoms with Crippen LogP contribution in [0.25, 0.3) is 0 Å². The number of anilines is 2. The lowest BCUT2D eigenvalue weighted by Crippen LogP contribution is -2.52. The average molecular weight is 603 g/mol. The standard InChI is InChI=1S/C33H38N4O7/c1-21(2)18-27(31(41)37-28(32(42)43)19-23-10-8-22(9-11-23)14-17-30(39)40)36-29(38)20-24-12-15-26(16-13-24)35-33(44)34-25-6-4-3-5-7-25/h3-13,15-16,21,27-28H,14,17-20H2,1-2H3,(H,36,38)(H,37,41)(H,39,40)(H,42,43)(H2,34,35,44).